The molecule has 0 atom stereocenters. The monoisotopic (exact) mass is 257 g/mol. The lowest BCUT2D eigenvalue weighted by atomic mass is 10.1. The SMILES string of the molecule is CCc1occc1C(=O)Nc1ccc(C(C)=O)cc1. The van der Waals surface area contributed by atoms with Crippen molar-refractivity contribution in [1.82, 2.24) is 0 Å². The van der Waals surface area contributed by atoms with Crippen LogP contribution in [0.1, 0.15) is 40.3 Å². The van der Waals surface area contributed by atoms with Gasteiger partial charge in [0.25, 0.3) is 5.91 Å². The fourth-order valence-corrected chi connectivity index (χ4v) is 1.80. The van der Waals surface area contributed by atoms with Crippen LogP contribution in [-0.4, -0.2) is 11.7 Å². The highest BCUT2D eigenvalue weighted by molar-refractivity contribution is 6.05. The summed E-state index contributed by atoms with van der Waals surface area (Å²) in [5.41, 5.74) is 1.81. The van der Waals surface area contributed by atoms with Crippen LogP contribution in [0.25, 0.3) is 0 Å². The predicted octanol–water partition coefficient (Wildman–Crippen LogP) is 3.30. The second-order valence-corrected chi connectivity index (χ2v) is 4.20. The van der Waals surface area contributed by atoms with Crippen LogP contribution >= 0.6 is 0 Å². The predicted molar refractivity (Wildman–Crippen MR) is 72.5 cm³/mol. The molecule has 1 aromatic heterocycles. The van der Waals surface area contributed by atoms with E-state index in [1.54, 1.807) is 30.3 Å². The molecular formula is C15H15NO3. The average Bonchev–Trinajstić information content (AvgIpc) is 2.87. The maximum absolute atomic E-state index is 12.0. The van der Waals surface area contributed by atoms with Crippen LogP contribution in [0.5, 0.6) is 0 Å². The van der Waals surface area contributed by atoms with Crippen LogP contribution in [0, 0.1) is 0 Å². The molecule has 1 amide bonds. The van der Waals surface area contributed by atoms with Gasteiger partial charge in [-0.15, -0.1) is 0 Å². The number of benzene rings is 1. The summed E-state index contributed by atoms with van der Waals surface area (Å²) in [6.45, 7) is 3.43. The zero-order valence-electron chi connectivity index (χ0n) is 10.9. The number of aryl methyl sites for hydroxylation is 1. The average molecular weight is 257 g/mol. The first kappa shape index (κ1) is 13.1. The van der Waals surface area contributed by atoms with E-state index in [1.165, 1.54) is 13.2 Å². The van der Waals surface area contributed by atoms with Crippen molar-refractivity contribution in [3.8, 4) is 0 Å². The minimum atomic E-state index is -0.207. The van der Waals surface area contributed by atoms with Crippen LogP contribution < -0.4 is 5.32 Å². The van der Waals surface area contributed by atoms with E-state index in [-0.39, 0.29) is 11.7 Å². The van der Waals surface area contributed by atoms with Crippen molar-refractivity contribution in [3.63, 3.8) is 0 Å². The van der Waals surface area contributed by atoms with E-state index < -0.39 is 0 Å². The van der Waals surface area contributed by atoms with E-state index in [4.69, 9.17) is 4.42 Å². The molecule has 1 heterocycles. The van der Waals surface area contributed by atoms with Gasteiger partial charge in [-0.3, -0.25) is 9.59 Å². The Morgan fingerprint density at radius 2 is 1.84 bits per heavy atom. The van der Waals surface area contributed by atoms with Crippen molar-refractivity contribution in [2.75, 3.05) is 5.32 Å². The van der Waals surface area contributed by atoms with Gasteiger partial charge in [0, 0.05) is 17.7 Å². The van der Waals surface area contributed by atoms with E-state index in [0.29, 0.717) is 29.0 Å². The molecular weight excluding hydrogens is 242 g/mol. The van der Waals surface area contributed by atoms with Gasteiger partial charge in [-0.05, 0) is 37.3 Å². The van der Waals surface area contributed by atoms with E-state index in [2.05, 4.69) is 5.32 Å². The molecule has 0 spiro atoms. The van der Waals surface area contributed by atoms with Gasteiger partial charge in [0.05, 0.1) is 11.8 Å². The van der Waals surface area contributed by atoms with Crippen LogP contribution in [0.2, 0.25) is 0 Å². The first-order valence-corrected chi connectivity index (χ1v) is 6.10. The zero-order chi connectivity index (χ0) is 13.8. The summed E-state index contributed by atoms with van der Waals surface area (Å²) in [5.74, 6) is 0.458. The highest BCUT2D eigenvalue weighted by Gasteiger charge is 2.13. The molecule has 1 N–H and O–H groups in total. The Bertz CT molecular complexity index is 596. The zero-order valence-corrected chi connectivity index (χ0v) is 10.9. The quantitative estimate of drug-likeness (QED) is 0.855. The number of ketones is 1. The molecule has 4 heteroatoms. The minimum Gasteiger partial charge on any atom is -0.469 e. The van der Waals surface area contributed by atoms with Crippen molar-refractivity contribution in [1.29, 1.82) is 0 Å². The molecule has 98 valence electrons. The van der Waals surface area contributed by atoms with Crippen molar-refractivity contribution < 1.29 is 14.0 Å². The van der Waals surface area contributed by atoms with Crippen molar-refractivity contribution in [2.45, 2.75) is 20.3 Å². The molecule has 0 aliphatic rings. The Morgan fingerprint density at radius 1 is 1.16 bits per heavy atom. The lowest BCUT2D eigenvalue weighted by Crippen LogP contribution is -2.12. The number of Topliss-reactive ketones (excluding diaryl/α,β-unsaturated/α-hetero) is 1. The normalized spacial score (nSPS) is 10.2. The van der Waals surface area contributed by atoms with Crippen LogP contribution in [0.4, 0.5) is 5.69 Å². The molecule has 0 aliphatic heterocycles. The summed E-state index contributed by atoms with van der Waals surface area (Å²) in [5, 5.41) is 2.77. The molecule has 0 radical (unpaired) electrons. The van der Waals surface area contributed by atoms with Gasteiger partial charge in [-0.25, -0.2) is 0 Å². The number of anilines is 1. The maximum atomic E-state index is 12.0. The van der Waals surface area contributed by atoms with Crippen molar-refractivity contribution in [2.24, 2.45) is 0 Å². The molecule has 4 nitrogen and oxygen atoms in total. The Hall–Kier alpha value is -2.36. The fraction of sp³-hybridized carbons (Fsp3) is 0.200. The summed E-state index contributed by atoms with van der Waals surface area (Å²) in [7, 11) is 0. The third kappa shape index (κ3) is 2.91. The standard InChI is InChI=1S/C15H15NO3/c1-3-14-13(8-9-19-14)15(18)16-12-6-4-11(5-7-12)10(2)17/h4-9H,3H2,1-2H3,(H,16,18). The summed E-state index contributed by atoms with van der Waals surface area (Å²) >= 11 is 0. The van der Waals surface area contributed by atoms with Gasteiger partial charge in [-0.2, -0.15) is 0 Å². The van der Waals surface area contributed by atoms with Gasteiger partial charge in [0.1, 0.15) is 5.76 Å². The van der Waals surface area contributed by atoms with Crippen molar-refractivity contribution >= 4 is 17.4 Å². The van der Waals surface area contributed by atoms with E-state index in [0.717, 1.165) is 0 Å². The Labute approximate surface area is 111 Å². The van der Waals surface area contributed by atoms with Crippen molar-refractivity contribution in [3.05, 3.63) is 53.5 Å². The molecule has 0 aliphatic carbocycles. The first-order valence-electron chi connectivity index (χ1n) is 6.10. The highest BCUT2D eigenvalue weighted by Crippen LogP contribution is 2.15. The van der Waals surface area contributed by atoms with Gasteiger partial charge < -0.3 is 9.73 Å². The van der Waals surface area contributed by atoms with E-state index in [1.807, 2.05) is 6.92 Å². The number of nitrogens with one attached hydrogen (secondary N) is 1. The molecule has 0 saturated heterocycles. The number of hydrogen-bond acceptors (Lipinski definition) is 3. The maximum Gasteiger partial charge on any atom is 0.259 e. The summed E-state index contributed by atoms with van der Waals surface area (Å²) in [6.07, 6.45) is 2.17. The van der Waals surface area contributed by atoms with Gasteiger partial charge in [0.2, 0.25) is 0 Å². The molecule has 0 bridgehead atoms. The van der Waals surface area contributed by atoms with Gasteiger partial charge >= 0.3 is 0 Å². The lowest BCUT2D eigenvalue weighted by molar-refractivity contribution is 0.101. The topological polar surface area (TPSA) is 59.3 Å². The molecule has 19 heavy (non-hydrogen) atoms. The summed E-state index contributed by atoms with van der Waals surface area (Å²) in [4.78, 5) is 23.2. The van der Waals surface area contributed by atoms with Crippen LogP contribution in [0.3, 0.4) is 0 Å². The fourth-order valence-electron chi connectivity index (χ4n) is 1.80. The van der Waals surface area contributed by atoms with E-state index in [9.17, 15) is 9.59 Å². The second kappa shape index (κ2) is 5.52. The number of carbonyl (C=O) groups excluding carboxylic acids is 2. The summed E-state index contributed by atoms with van der Waals surface area (Å²) in [6, 6.07) is 8.45. The molecule has 0 unspecified atom stereocenters. The third-order valence-corrected chi connectivity index (χ3v) is 2.86. The minimum absolute atomic E-state index is 0.000908. The number of amides is 1. The van der Waals surface area contributed by atoms with Crippen LogP contribution in [0.15, 0.2) is 41.0 Å². The lowest BCUT2D eigenvalue weighted by Gasteiger charge is -2.05. The Morgan fingerprint density at radius 3 is 2.42 bits per heavy atom. The molecule has 0 saturated carbocycles. The summed E-state index contributed by atoms with van der Waals surface area (Å²) < 4.78 is 5.22. The highest BCUT2D eigenvalue weighted by atomic mass is 16.3. The Kier molecular flexibility index (Phi) is 3.80. The first-order chi connectivity index (χ1) is 9.11. The van der Waals surface area contributed by atoms with E-state index >= 15 is 0 Å². The second-order valence-electron chi connectivity index (χ2n) is 4.20. The number of carbonyl (C=O) groups is 2. The van der Waals surface area contributed by atoms with Crippen LogP contribution in [-0.2, 0) is 6.42 Å². The van der Waals surface area contributed by atoms with Gasteiger partial charge in [0.15, 0.2) is 5.78 Å². The smallest absolute Gasteiger partial charge is 0.259 e. The Balaban J connectivity index is 2.13. The molecule has 2 aromatic rings. The number of furan rings is 1. The largest absolute Gasteiger partial charge is 0.469 e. The number of rotatable bonds is 4. The molecule has 1 aromatic carbocycles. The molecule has 2 rings (SSSR count). The van der Waals surface area contributed by atoms with Gasteiger partial charge in [-0.1, -0.05) is 6.92 Å². The number of hydrogen-bond donors (Lipinski definition) is 1. The molecule has 0 fully saturated rings. The third-order valence-electron chi connectivity index (χ3n) is 2.86.